The fourth-order valence-electron chi connectivity index (χ4n) is 7.63. The second kappa shape index (κ2) is 24.0. The summed E-state index contributed by atoms with van der Waals surface area (Å²) >= 11 is 13.6. The highest BCUT2D eigenvalue weighted by Gasteiger charge is 2.22. The summed E-state index contributed by atoms with van der Waals surface area (Å²) in [7, 11) is 0. The van der Waals surface area contributed by atoms with Crippen LogP contribution in [0, 0.1) is 25.7 Å². The van der Waals surface area contributed by atoms with Crippen molar-refractivity contribution < 1.29 is 58.4 Å². The minimum Gasteiger partial charge on any atom is -0.493 e. The van der Waals surface area contributed by atoms with Crippen LogP contribution >= 0.6 is 23.2 Å². The summed E-state index contributed by atoms with van der Waals surface area (Å²) in [6, 6.07) is 19.3. The quantitative estimate of drug-likeness (QED) is 0.0394. The van der Waals surface area contributed by atoms with Crippen LogP contribution in [0.2, 0.25) is 10.0 Å². The van der Waals surface area contributed by atoms with Crippen LogP contribution in [0.25, 0.3) is 11.1 Å². The van der Waals surface area contributed by atoms with E-state index in [1.807, 2.05) is 24.3 Å². The Hall–Kier alpha value is -4.64. The summed E-state index contributed by atoms with van der Waals surface area (Å²) in [4.78, 5) is 22.0. The number of rotatable bonds is 25. The maximum atomic E-state index is 11.0. The molecule has 2 aliphatic heterocycles. The molecule has 0 aliphatic carbocycles. The topological polar surface area (TPSA) is 194 Å². The second-order valence-corrected chi connectivity index (χ2v) is 17.2. The molecule has 2 heterocycles. The van der Waals surface area contributed by atoms with E-state index >= 15 is 0 Å². The van der Waals surface area contributed by atoms with Gasteiger partial charge in [-0.3, -0.25) is 9.59 Å². The Labute approximate surface area is 383 Å². The van der Waals surface area contributed by atoms with Gasteiger partial charge in [0.2, 0.25) is 0 Å². The summed E-state index contributed by atoms with van der Waals surface area (Å²) < 4.78 is 36.3. The summed E-state index contributed by atoms with van der Waals surface area (Å²) in [6.45, 7) is 8.91. The number of carboxylic acids is 2. The summed E-state index contributed by atoms with van der Waals surface area (Å²) in [6.07, 6.45) is -0.992. The van der Waals surface area contributed by atoms with Crippen molar-refractivity contribution in [3.63, 3.8) is 0 Å². The number of aliphatic hydroxyl groups excluding tert-OH is 2. The maximum absolute atomic E-state index is 11.0. The number of carbonyl (C=O) groups is 2. The van der Waals surface area contributed by atoms with Crippen LogP contribution in [0.5, 0.6) is 23.0 Å². The normalized spacial score (nSPS) is 17.0. The lowest BCUT2D eigenvalue weighted by Gasteiger charge is -2.20. The first-order chi connectivity index (χ1) is 30.8. The van der Waals surface area contributed by atoms with Crippen LogP contribution in [-0.4, -0.2) is 97.3 Å². The van der Waals surface area contributed by atoms with E-state index < -0.39 is 24.1 Å². The number of aliphatic carboxylic acids is 2. The number of benzene rings is 4. The van der Waals surface area contributed by atoms with E-state index in [-0.39, 0.29) is 51.0 Å². The molecule has 0 spiro atoms. The molecule has 1 unspecified atom stereocenters. The van der Waals surface area contributed by atoms with Crippen LogP contribution < -0.4 is 29.6 Å². The molecule has 0 saturated carbocycles. The third kappa shape index (κ3) is 14.2. The molecule has 64 heavy (non-hydrogen) atoms. The Morgan fingerprint density at radius 1 is 0.641 bits per heavy atom. The van der Waals surface area contributed by atoms with E-state index in [0.717, 1.165) is 57.3 Å². The molecule has 0 radical (unpaired) electrons. The number of aliphatic hydroxyl groups is 2. The predicted octanol–water partition coefficient (Wildman–Crippen LogP) is 7.12. The van der Waals surface area contributed by atoms with E-state index in [1.165, 1.54) is 0 Å². The average Bonchev–Trinajstić information content (AvgIpc) is 3.98. The van der Waals surface area contributed by atoms with Crippen LogP contribution in [0.3, 0.4) is 0 Å². The molecule has 4 aromatic rings. The summed E-state index contributed by atoms with van der Waals surface area (Å²) in [5.74, 6) is 0.424. The molecule has 16 heteroatoms. The van der Waals surface area contributed by atoms with E-state index in [2.05, 4.69) is 36.6 Å². The monoisotopic (exact) mass is 924 g/mol. The van der Waals surface area contributed by atoms with Gasteiger partial charge in [0, 0.05) is 74.5 Å². The molecular weight excluding hydrogens is 867 g/mol. The van der Waals surface area contributed by atoms with Crippen LogP contribution in [0.1, 0.15) is 59.1 Å². The van der Waals surface area contributed by atoms with Crippen molar-refractivity contribution in [2.75, 3.05) is 52.7 Å². The fraction of sp³-hybridized carbons (Fsp3) is 0.458. The molecule has 346 valence electrons. The molecule has 2 fully saturated rings. The van der Waals surface area contributed by atoms with Gasteiger partial charge in [-0.2, -0.15) is 0 Å². The van der Waals surface area contributed by atoms with Gasteiger partial charge in [-0.15, -0.1) is 0 Å². The Balaban J connectivity index is 1.14. The Morgan fingerprint density at radius 3 is 1.44 bits per heavy atom. The first-order valence-electron chi connectivity index (χ1n) is 21.5. The van der Waals surface area contributed by atoms with E-state index in [1.54, 1.807) is 24.3 Å². The average molecular weight is 926 g/mol. The molecule has 4 aromatic carbocycles. The van der Waals surface area contributed by atoms with Crippen molar-refractivity contribution in [2.24, 2.45) is 11.8 Å². The standard InChI is InChI=1S/C48H58Cl2N2O12/c1-29-33(27-63-45-17-43(61-25-31-9-11-59-23-31)35(13-41(45)49)19-51-21-37(53)15-47(55)56)5-3-7-39(29)40-8-4-6-34(30(40)2)28-64-46-18-44(62-26-32-10-12-60-24-32)36(14-42(46)50)20-52-22-38(54)16-48(57)58/h3-8,13-14,17-18,31-32,37-38,51-54H,9-12,15-16,19-28H2,1-2H3,(H,55,56)(H,57,58)/t31-,32?,37+,38+/m1/s1. The Bertz CT molecular complexity index is 2040. The number of halogens is 2. The van der Waals surface area contributed by atoms with Crippen LogP contribution in [-0.2, 0) is 45.4 Å². The minimum absolute atomic E-state index is 0.0885. The molecule has 6 rings (SSSR count). The van der Waals surface area contributed by atoms with Gasteiger partial charge in [-0.1, -0.05) is 59.6 Å². The van der Waals surface area contributed by atoms with Gasteiger partial charge in [0.25, 0.3) is 0 Å². The van der Waals surface area contributed by atoms with Gasteiger partial charge in [0.05, 0.1) is 61.5 Å². The molecule has 0 amide bonds. The Kier molecular flexibility index (Phi) is 18.3. The van der Waals surface area contributed by atoms with E-state index in [0.29, 0.717) is 85.8 Å². The smallest absolute Gasteiger partial charge is 0.306 e. The molecule has 4 atom stereocenters. The zero-order chi connectivity index (χ0) is 45.6. The summed E-state index contributed by atoms with van der Waals surface area (Å²) in [5, 5.41) is 45.1. The first-order valence-corrected chi connectivity index (χ1v) is 22.3. The van der Waals surface area contributed by atoms with Crippen LogP contribution in [0.15, 0.2) is 60.7 Å². The minimum atomic E-state index is -1.07. The third-order valence-corrected chi connectivity index (χ3v) is 12.0. The highest BCUT2D eigenvalue weighted by molar-refractivity contribution is 6.32. The first kappa shape index (κ1) is 48.8. The molecule has 6 N–H and O–H groups in total. The SMILES string of the molecule is Cc1c(COc2cc(OCC3CCOC3)c(CNC[C@@H](O)CC(=O)O)cc2Cl)cccc1-c1cccc(COc2cc(OC[C@@H]3CCOC3)c(CNC[C@@H](O)CC(=O)O)cc2Cl)c1C. The highest BCUT2D eigenvalue weighted by Crippen LogP contribution is 2.37. The molecule has 14 nitrogen and oxygen atoms in total. The van der Waals surface area contributed by atoms with Gasteiger partial charge >= 0.3 is 11.9 Å². The van der Waals surface area contributed by atoms with Crippen molar-refractivity contribution >= 4 is 35.1 Å². The van der Waals surface area contributed by atoms with Gasteiger partial charge in [-0.25, -0.2) is 0 Å². The van der Waals surface area contributed by atoms with Gasteiger partial charge in [0.1, 0.15) is 36.2 Å². The van der Waals surface area contributed by atoms with Crippen molar-refractivity contribution in [3.8, 4) is 34.1 Å². The number of nitrogens with one attached hydrogen (secondary N) is 2. The van der Waals surface area contributed by atoms with Gasteiger partial charge in [0.15, 0.2) is 0 Å². The van der Waals surface area contributed by atoms with Crippen molar-refractivity contribution in [2.45, 2.75) is 78.0 Å². The van der Waals surface area contributed by atoms with Crippen molar-refractivity contribution in [1.82, 2.24) is 10.6 Å². The highest BCUT2D eigenvalue weighted by atomic mass is 35.5. The molecular formula is C48H58Cl2N2O12. The lowest BCUT2D eigenvalue weighted by atomic mass is 9.92. The largest absolute Gasteiger partial charge is 0.493 e. The zero-order valence-corrected chi connectivity index (χ0v) is 37.7. The second-order valence-electron chi connectivity index (χ2n) is 16.4. The third-order valence-electron chi connectivity index (χ3n) is 11.4. The van der Waals surface area contributed by atoms with Crippen molar-refractivity contribution in [3.05, 3.63) is 104 Å². The number of hydrogen-bond acceptors (Lipinski definition) is 12. The lowest BCUT2D eigenvalue weighted by Crippen LogP contribution is -2.28. The molecule has 2 saturated heterocycles. The Morgan fingerprint density at radius 2 is 1.06 bits per heavy atom. The molecule has 0 aromatic heterocycles. The fourth-order valence-corrected chi connectivity index (χ4v) is 8.11. The van der Waals surface area contributed by atoms with Gasteiger partial charge in [-0.05, 0) is 72.2 Å². The molecule has 2 aliphatic rings. The number of ether oxygens (including phenoxy) is 6. The van der Waals surface area contributed by atoms with Gasteiger partial charge < -0.3 is 59.5 Å². The molecule has 0 bridgehead atoms. The predicted molar refractivity (Wildman–Crippen MR) is 242 cm³/mol. The van der Waals surface area contributed by atoms with E-state index in [4.69, 9.17) is 61.8 Å². The van der Waals surface area contributed by atoms with E-state index in [9.17, 15) is 19.8 Å². The van der Waals surface area contributed by atoms with Crippen molar-refractivity contribution in [1.29, 1.82) is 0 Å². The number of carboxylic acid groups (broad SMARTS) is 2. The number of hydrogen-bond donors (Lipinski definition) is 6. The zero-order valence-electron chi connectivity index (χ0n) is 36.2. The van der Waals surface area contributed by atoms with Crippen LogP contribution in [0.4, 0.5) is 0 Å². The summed E-state index contributed by atoms with van der Waals surface area (Å²) in [5.41, 5.74) is 7.58. The maximum Gasteiger partial charge on any atom is 0.306 e. The lowest BCUT2D eigenvalue weighted by molar-refractivity contribution is -0.140.